The van der Waals surface area contributed by atoms with Gasteiger partial charge in [0.05, 0.1) is 12.7 Å². The lowest BCUT2D eigenvalue weighted by Crippen LogP contribution is -2.59. The second-order valence-corrected chi connectivity index (χ2v) is 7.94. The highest BCUT2D eigenvalue weighted by atomic mass is 16.5. The molecule has 0 aliphatic carbocycles. The topological polar surface area (TPSA) is 32.4 Å². The molecule has 0 bridgehead atoms. The Morgan fingerprint density at radius 3 is 2.26 bits per heavy atom. The van der Waals surface area contributed by atoms with Gasteiger partial charge in [0.25, 0.3) is 0 Å². The van der Waals surface area contributed by atoms with Crippen molar-refractivity contribution in [1.82, 2.24) is 5.06 Å². The van der Waals surface area contributed by atoms with E-state index >= 15 is 0 Å². The van der Waals surface area contributed by atoms with Crippen LogP contribution in [0, 0.1) is 0 Å². The van der Waals surface area contributed by atoms with Crippen molar-refractivity contribution in [3.63, 3.8) is 0 Å². The molecule has 2 aromatic rings. The highest BCUT2D eigenvalue weighted by Crippen LogP contribution is 2.38. The van der Waals surface area contributed by atoms with Crippen LogP contribution in [0.4, 0.5) is 0 Å². The Labute approximate surface area is 138 Å². The molecule has 1 aliphatic heterocycles. The fraction of sp³-hybridized carbons (Fsp3) is 0.500. The van der Waals surface area contributed by atoms with Crippen molar-refractivity contribution in [3.8, 4) is 0 Å². The van der Waals surface area contributed by atoms with E-state index < -0.39 is 0 Å². The van der Waals surface area contributed by atoms with Crippen molar-refractivity contribution in [3.05, 3.63) is 48.0 Å². The summed E-state index contributed by atoms with van der Waals surface area (Å²) in [7, 11) is 0. The minimum Gasteiger partial charge on any atom is -0.373 e. The van der Waals surface area contributed by atoms with Gasteiger partial charge in [-0.25, -0.2) is 0 Å². The standard InChI is InChI=1S/C20H26NO2/c1-19(2)12-18(13-20(3,4)21(19)22)23-14-15-9-10-16-7-5-6-8-17(16)11-15/h5-11,18H,12-14H2,1-4H3. The summed E-state index contributed by atoms with van der Waals surface area (Å²) in [5.41, 5.74) is 0.426. The van der Waals surface area contributed by atoms with Gasteiger partial charge in [0.15, 0.2) is 0 Å². The Balaban J connectivity index is 1.69. The summed E-state index contributed by atoms with van der Waals surface area (Å²) >= 11 is 0. The highest BCUT2D eigenvalue weighted by molar-refractivity contribution is 5.82. The van der Waals surface area contributed by atoms with Gasteiger partial charge in [0, 0.05) is 11.1 Å². The number of hydroxylamine groups is 2. The molecular weight excluding hydrogens is 286 g/mol. The lowest BCUT2D eigenvalue weighted by molar-refractivity contribution is -0.301. The molecule has 2 aromatic carbocycles. The monoisotopic (exact) mass is 312 g/mol. The second-order valence-electron chi connectivity index (χ2n) is 7.94. The van der Waals surface area contributed by atoms with E-state index in [0.29, 0.717) is 6.61 Å². The van der Waals surface area contributed by atoms with Crippen molar-refractivity contribution in [2.24, 2.45) is 0 Å². The molecule has 1 aliphatic rings. The van der Waals surface area contributed by atoms with Crippen molar-refractivity contribution in [2.45, 2.75) is 64.3 Å². The molecule has 0 N–H and O–H groups in total. The zero-order valence-electron chi connectivity index (χ0n) is 14.5. The van der Waals surface area contributed by atoms with Gasteiger partial charge in [-0.1, -0.05) is 36.4 Å². The Morgan fingerprint density at radius 1 is 1.00 bits per heavy atom. The molecule has 3 heteroatoms. The van der Waals surface area contributed by atoms with Crippen molar-refractivity contribution >= 4 is 10.8 Å². The smallest absolute Gasteiger partial charge is 0.0720 e. The van der Waals surface area contributed by atoms with Crippen LogP contribution in [0.2, 0.25) is 0 Å². The Kier molecular flexibility index (Phi) is 4.21. The fourth-order valence-corrected chi connectivity index (χ4v) is 3.83. The van der Waals surface area contributed by atoms with Crippen LogP contribution in [0.15, 0.2) is 42.5 Å². The van der Waals surface area contributed by atoms with Crippen LogP contribution in [0.5, 0.6) is 0 Å². The summed E-state index contributed by atoms with van der Waals surface area (Å²) in [4.78, 5) is 0. The average Bonchev–Trinajstić information content (AvgIpc) is 2.50. The third kappa shape index (κ3) is 3.42. The number of rotatable bonds is 3. The first kappa shape index (κ1) is 16.4. The fourth-order valence-electron chi connectivity index (χ4n) is 3.83. The van der Waals surface area contributed by atoms with Crippen LogP contribution < -0.4 is 0 Å². The van der Waals surface area contributed by atoms with Gasteiger partial charge in [-0.3, -0.25) is 0 Å². The van der Waals surface area contributed by atoms with Gasteiger partial charge in [0.1, 0.15) is 0 Å². The summed E-state index contributed by atoms with van der Waals surface area (Å²) in [5.74, 6) is 0. The Morgan fingerprint density at radius 2 is 1.61 bits per heavy atom. The van der Waals surface area contributed by atoms with E-state index in [1.54, 1.807) is 0 Å². The van der Waals surface area contributed by atoms with Crippen LogP contribution in [0.3, 0.4) is 0 Å². The maximum Gasteiger partial charge on any atom is 0.0720 e. The van der Waals surface area contributed by atoms with Crippen molar-refractivity contribution in [2.75, 3.05) is 0 Å². The summed E-state index contributed by atoms with van der Waals surface area (Å²) in [5, 5.41) is 16.1. The van der Waals surface area contributed by atoms with Gasteiger partial charge in [-0.2, -0.15) is 0 Å². The third-order valence-electron chi connectivity index (χ3n) is 4.85. The quantitative estimate of drug-likeness (QED) is 0.821. The van der Waals surface area contributed by atoms with Crippen molar-refractivity contribution in [1.29, 1.82) is 0 Å². The van der Waals surface area contributed by atoms with E-state index in [-0.39, 0.29) is 17.2 Å². The Bertz CT molecular complexity index is 675. The molecule has 23 heavy (non-hydrogen) atoms. The average molecular weight is 312 g/mol. The summed E-state index contributed by atoms with van der Waals surface area (Å²) in [6, 6.07) is 14.8. The molecule has 0 saturated carbocycles. The van der Waals surface area contributed by atoms with E-state index in [4.69, 9.17) is 4.74 Å². The summed E-state index contributed by atoms with van der Waals surface area (Å²) < 4.78 is 6.17. The van der Waals surface area contributed by atoms with Gasteiger partial charge in [0.2, 0.25) is 0 Å². The Hall–Kier alpha value is -1.42. The highest BCUT2D eigenvalue weighted by Gasteiger charge is 2.46. The first-order valence-electron chi connectivity index (χ1n) is 8.35. The van der Waals surface area contributed by atoms with Gasteiger partial charge < -0.3 is 4.74 Å². The SMILES string of the molecule is CC1(C)CC(OCc2ccc3ccccc3c2)CC(C)(C)N1[O]. The van der Waals surface area contributed by atoms with E-state index in [1.165, 1.54) is 21.4 Å². The van der Waals surface area contributed by atoms with Crippen LogP contribution in [0.25, 0.3) is 10.8 Å². The van der Waals surface area contributed by atoms with E-state index in [0.717, 1.165) is 12.8 Å². The third-order valence-corrected chi connectivity index (χ3v) is 4.85. The zero-order valence-corrected chi connectivity index (χ0v) is 14.5. The number of ether oxygens (including phenoxy) is 1. The summed E-state index contributed by atoms with van der Waals surface area (Å²) in [6.07, 6.45) is 1.66. The number of piperidine rings is 1. The second kappa shape index (κ2) is 5.90. The predicted octanol–water partition coefficient (Wildman–Crippen LogP) is 4.72. The maximum atomic E-state index is 12.4. The number of hydrogen-bond donors (Lipinski definition) is 0. The molecule has 1 saturated heterocycles. The lowest BCUT2D eigenvalue weighted by atomic mass is 9.80. The van der Waals surface area contributed by atoms with Gasteiger partial charge >= 0.3 is 0 Å². The van der Waals surface area contributed by atoms with Crippen molar-refractivity contribution < 1.29 is 9.94 Å². The maximum absolute atomic E-state index is 12.4. The normalized spacial score (nSPS) is 21.6. The molecule has 3 nitrogen and oxygen atoms in total. The molecule has 0 atom stereocenters. The van der Waals surface area contributed by atoms with E-state index in [1.807, 2.05) is 27.7 Å². The van der Waals surface area contributed by atoms with Crippen LogP contribution in [-0.4, -0.2) is 22.2 Å². The van der Waals surface area contributed by atoms with E-state index in [9.17, 15) is 5.21 Å². The molecular formula is C20H26NO2. The molecule has 0 unspecified atom stereocenters. The minimum absolute atomic E-state index is 0.122. The van der Waals surface area contributed by atoms with Crippen LogP contribution in [0.1, 0.15) is 46.1 Å². The van der Waals surface area contributed by atoms with Gasteiger partial charge in [-0.15, -0.1) is 10.3 Å². The number of fused-ring (bicyclic) bond motifs is 1. The zero-order chi connectivity index (χ0) is 16.7. The molecule has 0 spiro atoms. The number of nitrogens with zero attached hydrogens (tertiary/aromatic N) is 1. The first-order chi connectivity index (χ1) is 10.8. The molecule has 1 radical (unpaired) electrons. The molecule has 1 heterocycles. The van der Waals surface area contributed by atoms with E-state index in [2.05, 4.69) is 42.5 Å². The van der Waals surface area contributed by atoms with Gasteiger partial charge in [-0.05, 0) is 62.9 Å². The number of benzene rings is 2. The molecule has 3 rings (SSSR count). The molecule has 0 aromatic heterocycles. The number of hydrogen-bond acceptors (Lipinski definition) is 2. The first-order valence-corrected chi connectivity index (χ1v) is 8.35. The predicted molar refractivity (Wildman–Crippen MR) is 92.4 cm³/mol. The summed E-state index contributed by atoms with van der Waals surface area (Å²) in [6.45, 7) is 8.63. The molecule has 1 fully saturated rings. The largest absolute Gasteiger partial charge is 0.373 e. The minimum atomic E-state index is -0.379. The molecule has 0 amide bonds. The van der Waals surface area contributed by atoms with Crippen LogP contribution in [-0.2, 0) is 16.6 Å². The van der Waals surface area contributed by atoms with Crippen LogP contribution >= 0.6 is 0 Å². The molecule has 123 valence electrons. The lowest BCUT2D eigenvalue weighted by Gasteiger charge is -2.49.